The lowest BCUT2D eigenvalue weighted by Gasteiger charge is -2.32. The molecule has 1 unspecified atom stereocenters. The van der Waals surface area contributed by atoms with E-state index in [-0.39, 0.29) is 5.91 Å². The van der Waals surface area contributed by atoms with Gasteiger partial charge in [0.1, 0.15) is 5.75 Å². The molecule has 1 amide bonds. The molecule has 1 saturated heterocycles. The molecule has 4 nitrogen and oxygen atoms in total. The van der Waals surface area contributed by atoms with Gasteiger partial charge < -0.3 is 14.6 Å². The van der Waals surface area contributed by atoms with Gasteiger partial charge in [-0.15, -0.1) is 0 Å². The number of amides is 1. The topological polar surface area (TPSA) is 45.3 Å². The Kier molecular flexibility index (Phi) is 4.88. The Labute approximate surface area is 160 Å². The molecule has 4 rings (SSSR count). The van der Waals surface area contributed by atoms with E-state index in [1.165, 1.54) is 11.3 Å². The molecule has 2 aromatic carbocycles. The average molecular weight is 362 g/mol. The molecule has 2 heterocycles. The number of hydrogen-bond donors (Lipinski definition) is 1. The lowest BCUT2D eigenvalue weighted by Crippen LogP contribution is -2.40. The van der Waals surface area contributed by atoms with Crippen LogP contribution < -0.4 is 4.74 Å². The molecule has 140 valence electrons. The van der Waals surface area contributed by atoms with E-state index in [0.717, 1.165) is 48.1 Å². The van der Waals surface area contributed by atoms with Gasteiger partial charge in [0.2, 0.25) is 5.91 Å². The van der Waals surface area contributed by atoms with Crippen molar-refractivity contribution in [1.82, 2.24) is 9.88 Å². The first-order valence-corrected chi connectivity index (χ1v) is 9.62. The zero-order valence-corrected chi connectivity index (χ0v) is 16.0. The Bertz CT molecular complexity index is 943. The van der Waals surface area contributed by atoms with Gasteiger partial charge in [0, 0.05) is 35.6 Å². The molecule has 1 atom stereocenters. The highest BCUT2D eigenvalue weighted by Crippen LogP contribution is 2.30. The monoisotopic (exact) mass is 362 g/mol. The molecule has 0 radical (unpaired) electrons. The number of carbonyl (C=O) groups is 1. The number of ether oxygens (including phenoxy) is 1. The van der Waals surface area contributed by atoms with Gasteiger partial charge in [0.25, 0.3) is 0 Å². The first-order valence-electron chi connectivity index (χ1n) is 9.62. The molecule has 1 aromatic heterocycles. The number of aryl methyl sites for hydroxylation is 1. The largest absolute Gasteiger partial charge is 0.497 e. The Hall–Kier alpha value is -2.75. The average Bonchev–Trinajstić information content (AvgIpc) is 3.13. The maximum absolute atomic E-state index is 12.8. The maximum Gasteiger partial charge on any atom is 0.227 e. The van der Waals surface area contributed by atoms with Crippen LogP contribution in [0.4, 0.5) is 0 Å². The summed E-state index contributed by atoms with van der Waals surface area (Å²) in [6.45, 7) is 3.71. The van der Waals surface area contributed by atoms with E-state index >= 15 is 0 Å². The van der Waals surface area contributed by atoms with Crippen LogP contribution in [0.25, 0.3) is 10.9 Å². The van der Waals surface area contributed by atoms with Crippen LogP contribution in [0.5, 0.6) is 5.75 Å². The summed E-state index contributed by atoms with van der Waals surface area (Å²) in [5.41, 5.74) is 4.64. The van der Waals surface area contributed by atoms with E-state index < -0.39 is 0 Å². The van der Waals surface area contributed by atoms with Crippen molar-refractivity contribution in [3.63, 3.8) is 0 Å². The Morgan fingerprint density at radius 2 is 2.00 bits per heavy atom. The maximum atomic E-state index is 12.8. The molecule has 0 aliphatic carbocycles. The van der Waals surface area contributed by atoms with Gasteiger partial charge in [-0.1, -0.05) is 29.8 Å². The van der Waals surface area contributed by atoms with Crippen LogP contribution in [0.2, 0.25) is 0 Å². The number of fused-ring (bicyclic) bond motifs is 1. The minimum atomic E-state index is 0.223. The fraction of sp³-hybridized carbons (Fsp3) is 0.348. The number of likely N-dealkylation sites (tertiary alicyclic amines) is 1. The van der Waals surface area contributed by atoms with Crippen LogP contribution in [0, 0.1) is 6.92 Å². The number of methoxy groups -OCH3 is 1. The number of benzene rings is 2. The molecule has 1 aliphatic rings. The molecule has 3 aromatic rings. The van der Waals surface area contributed by atoms with Gasteiger partial charge >= 0.3 is 0 Å². The summed E-state index contributed by atoms with van der Waals surface area (Å²) in [6.07, 6.45) is 2.64. The van der Waals surface area contributed by atoms with Crippen molar-refractivity contribution in [2.45, 2.75) is 32.1 Å². The van der Waals surface area contributed by atoms with Crippen molar-refractivity contribution in [1.29, 1.82) is 0 Å². The third-order valence-electron chi connectivity index (χ3n) is 5.54. The van der Waals surface area contributed by atoms with E-state index in [4.69, 9.17) is 4.74 Å². The summed E-state index contributed by atoms with van der Waals surface area (Å²) in [5.74, 6) is 1.45. The second-order valence-corrected chi connectivity index (χ2v) is 7.52. The van der Waals surface area contributed by atoms with Gasteiger partial charge in [0.15, 0.2) is 0 Å². The zero-order valence-electron chi connectivity index (χ0n) is 16.0. The quantitative estimate of drug-likeness (QED) is 0.746. The highest BCUT2D eigenvalue weighted by Gasteiger charge is 2.25. The van der Waals surface area contributed by atoms with Crippen molar-refractivity contribution >= 4 is 16.8 Å². The normalized spacial score (nSPS) is 17.3. The smallest absolute Gasteiger partial charge is 0.227 e. The number of H-pyrrole nitrogens is 1. The second kappa shape index (κ2) is 7.47. The molecule has 4 heteroatoms. The number of nitrogens with one attached hydrogen (secondary N) is 1. The first kappa shape index (κ1) is 17.7. The molecule has 0 saturated carbocycles. The summed E-state index contributed by atoms with van der Waals surface area (Å²) in [6, 6.07) is 16.5. The van der Waals surface area contributed by atoms with Gasteiger partial charge in [-0.3, -0.25) is 4.79 Å². The van der Waals surface area contributed by atoms with Crippen LogP contribution >= 0.6 is 0 Å². The standard InChI is InChI=1S/C23H26N2O2/c1-16-5-7-17(8-6-16)12-23(26)25-11-3-4-18(15-25)22-14-19-13-20(27-2)9-10-21(19)24-22/h5-10,13-14,18,24H,3-4,11-12,15H2,1-2H3. The third kappa shape index (κ3) is 3.85. The SMILES string of the molecule is COc1ccc2[nH]c(C3CCCN(C(=O)Cc4ccc(C)cc4)C3)cc2c1. The minimum Gasteiger partial charge on any atom is -0.497 e. The van der Waals surface area contributed by atoms with Gasteiger partial charge in [-0.05, 0) is 49.6 Å². The number of hydrogen-bond acceptors (Lipinski definition) is 2. The number of carbonyl (C=O) groups excluding carboxylic acids is 1. The summed E-state index contributed by atoms with van der Waals surface area (Å²) in [5, 5.41) is 1.16. The second-order valence-electron chi connectivity index (χ2n) is 7.52. The van der Waals surface area contributed by atoms with Crippen molar-refractivity contribution < 1.29 is 9.53 Å². The summed E-state index contributed by atoms with van der Waals surface area (Å²) >= 11 is 0. The number of nitrogens with zero attached hydrogens (tertiary/aromatic N) is 1. The Balaban J connectivity index is 1.47. The Morgan fingerprint density at radius 1 is 1.19 bits per heavy atom. The fourth-order valence-corrected chi connectivity index (χ4v) is 3.93. The minimum absolute atomic E-state index is 0.223. The van der Waals surface area contributed by atoms with E-state index in [9.17, 15) is 4.79 Å². The molecule has 1 N–H and O–H groups in total. The van der Waals surface area contributed by atoms with Crippen molar-refractivity contribution in [3.8, 4) is 5.75 Å². The molecular weight excluding hydrogens is 336 g/mol. The molecular formula is C23H26N2O2. The van der Waals surface area contributed by atoms with Gasteiger partial charge in [-0.25, -0.2) is 0 Å². The summed E-state index contributed by atoms with van der Waals surface area (Å²) in [7, 11) is 1.69. The summed E-state index contributed by atoms with van der Waals surface area (Å²) in [4.78, 5) is 18.4. The van der Waals surface area contributed by atoms with Crippen molar-refractivity contribution in [3.05, 3.63) is 65.4 Å². The lowest BCUT2D eigenvalue weighted by molar-refractivity contribution is -0.131. The van der Waals surface area contributed by atoms with E-state index in [1.807, 2.05) is 11.0 Å². The van der Waals surface area contributed by atoms with Crippen LogP contribution in [0.1, 0.15) is 35.6 Å². The number of rotatable bonds is 4. The number of aromatic amines is 1. The van der Waals surface area contributed by atoms with Crippen molar-refractivity contribution in [2.24, 2.45) is 0 Å². The van der Waals surface area contributed by atoms with Gasteiger partial charge in [-0.2, -0.15) is 0 Å². The van der Waals surface area contributed by atoms with Crippen LogP contribution in [0.15, 0.2) is 48.5 Å². The fourth-order valence-electron chi connectivity index (χ4n) is 3.93. The van der Waals surface area contributed by atoms with E-state index in [2.05, 4.69) is 54.4 Å². The van der Waals surface area contributed by atoms with Gasteiger partial charge in [0.05, 0.1) is 13.5 Å². The lowest BCUT2D eigenvalue weighted by atomic mass is 9.94. The number of aromatic nitrogens is 1. The highest BCUT2D eigenvalue weighted by atomic mass is 16.5. The molecule has 1 aliphatic heterocycles. The molecule has 27 heavy (non-hydrogen) atoms. The highest BCUT2D eigenvalue weighted by molar-refractivity contribution is 5.82. The third-order valence-corrected chi connectivity index (χ3v) is 5.54. The molecule has 0 bridgehead atoms. The predicted molar refractivity (Wildman–Crippen MR) is 108 cm³/mol. The Morgan fingerprint density at radius 3 is 2.78 bits per heavy atom. The number of piperidine rings is 1. The van der Waals surface area contributed by atoms with E-state index in [1.54, 1.807) is 7.11 Å². The summed E-state index contributed by atoms with van der Waals surface area (Å²) < 4.78 is 5.32. The first-order chi connectivity index (χ1) is 13.1. The van der Waals surface area contributed by atoms with Crippen LogP contribution in [0.3, 0.4) is 0 Å². The molecule has 1 fully saturated rings. The predicted octanol–water partition coefficient (Wildman–Crippen LogP) is 4.43. The van der Waals surface area contributed by atoms with Crippen molar-refractivity contribution in [2.75, 3.05) is 20.2 Å². The molecule has 0 spiro atoms. The van der Waals surface area contributed by atoms with E-state index in [0.29, 0.717) is 12.3 Å². The van der Waals surface area contributed by atoms with Crippen LogP contribution in [-0.2, 0) is 11.2 Å². The van der Waals surface area contributed by atoms with Crippen LogP contribution in [-0.4, -0.2) is 36.0 Å². The zero-order chi connectivity index (χ0) is 18.8.